The van der Waals surface area contributed by atoms with Gasteiger partial charge in [0.05, 0.1) is 12.2 Å². The van der Waals surface area contributed by atoms with Gasteiger partial charge in [-0.15, -0.1) is 0 Å². The van der Waals surface area contributed by atoms with E-state index in [2.05, 4.69) is 15.2 Å². The van der Waals surface area contributed by atoms with Crippen molar-refractivity contribution < 1.29 is 23.1 Å². The predicted octanol–water partition coefficient (Wildman–Crippen LogP) is 4.57. The zero-order chi connectivity index (χ0) is 24.6. The van der Waals surface area contributed by atoms with Gasteiger partial charge in [-0.1, -0.05) is 24.3 Å². The van der Waals surface area contributed by atoms with Gasteiger partial charge in [0.15, 0.2) is 17.4 Å². The summed E-state index contributed by atoms with van der Waals surface area (Å²) in [5.41, 5.74) is 3.45. The largest absolute Gasteiger partial charge is 0.365 e. The van der Waals surface area contributed by atoms with Crippen LogP contribution in [0.2, 0.25) is 0 Å². The lowest BCUT2D eigenvalue weighted by molar-refractivity contribution is -0.114. The lowest BCUT2D eigenvalue weighted by Gasteiger charge is -2.39. The molecule has 2 aliphatic rings. The summed E-state index contributed by atoms with van der Waals surface area (Å²) in [6.45, 7) is 4.41. The lowest BCUT2D eigenvalue weighted by Crippen LogP contribution is -2.42. The topological polar surface area (TPSA) is 71.5 Å². The van der Waals surface area contributed by atoms with Crippen LogP contribution in [0.25, 0.3) is 0 Å². The van der Waals surface area contributed by atoms with Crippen LogP contribution in [0.5, 0.6) is 0 Å². The van der Waals surface area contributed by atoms with Crippen molar-refractivity contribution in [2.24, 2.45) is 0 Å². The van der Waals surface area contributed by atoms with Crippen molar-refractivity contribution in [3.8, 4) is 0 Å². The number of pyridine rings is 1. The van der Waals surface area contributed by atoms with Crippen molar-refractivity contribution in [2.75, 3.05) is 18.4 Å². The molecule has 0 unspecified atom stereocenters. The van der Waals surface area contributed by atoms with Crippen LogP contribution in [0.15, 0.2) is 54.7 Å². The summed E-state index contributed by atoms with van der Waals surface area (Å²) >= 11 is 0. The number of nitrogens with one attached hydrogen (secondary N) is 1. The van der Waals surface area contributed by atoms with Crippen LogP contribution in [0.1, 0.15) is 52.4 Å². The van der Waals surface area contributed by atoms with Crippen LogP contribution in [0, 0.1) is 11.6 Å². The average molecular weight is 478 g/mol. The molecule has 1 saturated heterocycles. The minimum Gasteiger partial charge on any atom is -0.365 e. The number of rotatable bonds is 5. The summed E-state index contributed by atoms with van der Waals surface area (Å²) in [4.78, 5) is 30.6. The van der Waals surface area contributed by atoms with Gasteiger partial charge in [0.1, 0.15) is 5.82 Å². The number of ketones is 1. The third-order valence-corrected chi connectivity index (χ3v) is 6.76. The van der Waals surface area contributed by atoms with E-state index in [9.17, 15) is 18.4 Å². The average Bonchev–Trinajstić information content (AvgIpc) is 3.19. The number of fused-ring (bicyclic) bond motifs is 2. The molecule has 2 aliphatic heterocycles. The van der Waals surface area contributed by atoms with Gasteiger partial charge in [-0.25, -0.2) is 13.8 Å². The van der Waals surface area contributed by atoms with Gasteiger partial charge in [-0.2, -0.15) is 0 Å². The maximum absolute atomic E-state index is 13.5. The first-order valence-corrected chi connectivity index (χ1v) is 11.5. The SMILES string of the molecule is CC(=O)Nc1cc2c(cn1)C1(CCN(Cc3ccc(C(=O)c4ccc(F)c(F)c4)cc3)CC1)OC2. The Kier molecular flexibility index (Phi) is 6.17. The molecule has 1 spiro atoms. The van der Waals surface area contributed by atoms with Crippen LogP contribution in [-0.2, 0) is 28.3 Å². The van der Waals surface area contributed by atoms with Crippen LogP contribution < -0.4 is 5.32 Å². The Morgan fingerprint density at radius 3 is 2.43 bits per heavy atom. The summed E-state index contributed by atoms with van der Waals surface area (Å²) < 4.78 is 32.9. The van der Waals surface area contributed by atoms with Gasteiger partial charge in [-0.05, 0) is 48.2 Å². The van der Waals surface area contributed by atoms with Crippen molar-refractivity contribution in [2.45, 2.75) is 38.5 Å². The Labute approximate surface area is 201 Å². The fourth-order valence-electron chi connectivity index (χ4n) is 4.88. The molecule has 8 heteroatoms. The monoisotopic (exact) mass is 477 g/mol. The molecule has 1 N–H and O–H groups in total. The molecule has 0 radical (unpaired) electrons. The molecule has 0 atom stereocenters. The lowest BCUT2D eigenvalue weighted by atomic mass is 9.84. The molecule has 6 nitrogen and oxygen atoms in total. The number of hydrogen-bond donors (Lipinski definition) is 1. The van der Waals surface area contributed by atoms with Crippen LogP contribution in [0.3, 0.4) is 0 Å². The van der Waals surface area contributed by atoms with Crippen molar-refractivity contribution in [1.29, 1.82) is 0 Å². The molecule has 3 aromatic rings. The molecule has 5 rings (SSSR count). The zero-order valence-corrected chi connectivity index (χ0v) is 19.3. The van der Waals surface area contributed by atoms with Gasteiger partial charge in [0.2, 0.25) is 5.91 Å². The first-order chi connectivity index (χ1) is 16.8. The third kappa shape index (κ3) is 4.72. The first kappa shape index (κ1) is 23.3. The number of carbonyl (C=O) groups is 2. The van der Waals surface area contributed by atoms with E-state index in [-0.39, 0.29) is 22.9 Å². The minimum absolute atomic E-state index is 0.119. The summed E-state index contributed by atoms with van der Waals surface area (Å²) in [7, 11) is 0. The molecule has 1 aromatic heterocycles. The molecule has 0 bridgehead atoms. The molecule has 180 valence electrons. The Morgan fingerprint density at radius 2 is 1.74 bits per heavy atom. The van der Waals surface area contributed by atoms with Crippen molar-refractivity contribution >= 4 is 17.5 Å². The number of likely N-dealkylation sites (tertiary alicyclic amines) is 1. The van der Waals surface area contributed by atoms with E-state index in [1.165, 1.54) is 13.0 Å². The van der Waals surface area contributed by atoms with Crippen LogP contribution in [0.4, 0.5) is 14.6 Å². The molecule has 0 saturated carbocycles. The highest BCUT2D eigenvalue weighted by molar-refractivity contribution is 6.08. The molecule has 0 aliphatic carbocycles. The number of benzene rings is 2. The van der Waals surface area contributed by atoms with Gasteiger partial charge in [0.25, 0.3) is 0 Å². The molecule has 3 heterocycles. The first-order valence-electron chi connectivity index (χ1n) is 11.5. The molecular formula is C27H25F2N3O3. The third-order valence-electron chi connectivity index (χ3n) is 6.76. The maximum atomic E-state index is 13.5. The molecular weight excluding hydrogens is 452 g/mol. The smallest absolute Gasteiger partial charge is 0.222 e. The predicted molar refractivity (Wildman–Crippen MR) is 126 cm³/mol. The summed E-state index contributed by atoms with van der Waals surface area (Å²) in [6.07, 6.45) is 3.51. The number of hydrogen-bond acceptors (Lipinski definition) is 5. The standard InChI is InChI=1S/C27H25F2N3O3/c1-17(33)31-25-13-21-16-35-27(22(21)14-30-25)8-10-32(11-9-27)15-18-2-4-19(5-3-18)26(34)20-6-7-23(28)24(29)12-20/h2-7,12-14H,8-11,15-16H2,1H3,(H,30,31,33). The Balaban J connectivity index is 1.20. The Bertz CT molecular complexity index is 1290. The van der Waals surface area contributed by atoms with E-state index < -0.39 is 11.6 Å². The number of amides is 1. The number of carbonyl (C=O) groups excluding carboxylic acids is 2. The van der Waals surface area contributed by atoms with Crippen LogP contribution in [-0.4, -0.2) is 34.7 Å². The summed E-state index contributed by atoms with van der Waals surface area (Å²) in [5.74, 6) is -1.96. The van der Waals surface area contributed by atoms with E-state index in [0.717, 1.165) is 61.3 Å². The Morgan fingerprint density at radius 1 is 1.03 bits per heavy atom. The van der Waals surface area contributed by atoms with E-state index in [1.807, 2.05) is 24.4 Å². The second-order valence-electron chi connectivity index (χ2n) is 9.12. The van der Waals surface area contributed by atoms with Gasteiger partial charge < -0.3 is 10.1 Å². The maximum Gasteiger partial charge on any atom is 0.222 e. The summed E-state index contributed by atoms with van der Waals surface area (Å²) in [6, 6.07) is 12.3. The number of anilines is 1. The highest BCUT2D eigenvalue weighted by atomic mass is 19.2. The van der Waals surface area contributed by atoms with E-state index >= 15 is 0 Å². The number of ether oxygens (including phenoxy) is 1. The second-order valence-corrected chi connectivity index (χ2v) is 9.12. The van der Waals surface area contributed by atoms with Crippen LogP contribution >= 0.6 is 0 Å². The number of nitrogens with zero attached hydrogens (tertiary/aromatic N) is 2. The number of aromatic nitrogens is 1. The van der Waals surface area contributed by atoms with Crippen molar-refractivity contribution in [3.05, 3.63) is 94.2 Å². The number of piperidine rings is 1. The number of halogens is 2. The van der Waals surface area contributed by atoms with Crippen molar-refractivity contribution in [3.63, 3.8) is 0 Å². The fourth-order valence-corrected chi connectivity index (χ4v) is 4.88. The molecule has 1 fully saturated rings. The van der Waals surface area contributed by atoms with Crippen molar-refractivity contribution in [1.82, 2.24) is 9.88 Å². The fraction of sp³-hybridized carbons (Fsp3) is 0.296. The van der Waals surface area contributed by atoms with Gasteiger partial charge in [0, 0.05) is 49.4 Å². The van der Waals surface area contributed by atoms with E-state index in [1.54, 1.807) is 12.1 Å². The van der Waals surface area contributed by atoms with Gasteiger partial charge in [-0.3, -0.25) is 14.5 Å². The summed E-state index contributed by atoms with van der Waals surface area (Å²) in [5, 5.41) is 2.72. The normalized spacial score (nSPS) is 16.8. The van der Waals surface area contributed by atoms with E-state index in [4.69, 9.17) is 4.74 Å². The minimum atomic E-state index is -1.03. The quantitative estimate of drug-likeness (QED) is 0.545. The van der Waals surface area contributed by atoms with E-state index in [0.29, 0.717) is 18.0 Å². The molecule has 2 aromatic carbocycles. The van der Waals surface area contributed by atoms with Gasteiger partial charge >= 0.3 is 0 Å². The molecule has 35 heavy (non-hydrogen) atoms. The zero-order valence-electron chi connectivity index (χ0n) is 19.3. The second kappa shape index (κ2) is 9.28. The Hall–Kier alpha value is -3.49. The highest BCUT2D eigenvalue weighted by Crippen LogP contribution is 2.44. The highest BCUT2D eigenvalue weighted by Gasteiger charge is 2.43. The molecule has 1 amide bonds.